The molecular formula is C30H47N3O6Si. The number of anilines is 1. The molecule has 1 aromatic rings. The van der Waals surface area contributed by atoms with Crippen LogP contribution in [0.25, 0.3) is 0 Å². The van der Waals surface area contributed by atoms with Crippen LogP contribution in [0.3, 0.4) is 0 Å². The Bertz CT molecular complexity index is 1060. The Balaban J connectivity index is 1.43. The number of nitrogens with one attached hydrogen (secondary N) is 2. The molecule has 3 fully saturated rings. The summed E-state index contributed by atoms with van der Waals surface area (Å²) in [5, 5.41) is 5.18. The van der Waals surface area contributed by atoms with Gasteiger partial charge in [0.25, 0.3) is 5.91 Å². The third kappa shape index (κ3) is 7.93. The minimum Gasteiger partial charge on any atom is -0.413 e. The number of hydrogen-bond acceptors (Lipinski definition) is 7. The van der Waals surface area contributed by atoms with Crippen molar-refractivity contribution in [3.8, 4) is 0 Å². The summed E-state index contributed by atoms with van der Waals surface area (Å²) in [6.07, 6.45) is 5.84. The van der Waals surface area contributed by atoms with Crippen molar-refractivity contribution in [1.82, 2.24) is 10.6 Å². The van der Waals surface area contributed by atoms with Crippen molar-refractivity contribution in [2.24, 2.45) is 5.92 Å². The summed E-state index contributed by atoms with van der Waals surface area (Å²) in [6.45, 7) is 14.7. The van der Waals surface area contributed by atoms with E-state index in [1.165, 1.54) is 6.42 Å². The number of imide groups is 1. The van der Waals surface area contributed by atoms with Gasteiger partial charge in [-0.25, -0.2) is 0 Å². The smallest absolute Gasteiger partial charge is 0.252 e. The van der Waals surface area contributed by atoms with Gasteiger partial charge in [-0.15, -0.1) is 0 Å². The molecule has 3 amide bonds. The van der Waals surface area contributed by atoms with Gasteiger partial charge in [-0.05, 0) is 86.3 Å². The van der Waals surface area contributed by atoms with Crippen LogP contribution in [0.15, 0.2) is 18.2 Å². The van der Waals surface area contributed by atoms with Crippen LogP contribution in [0.4, 0.5) is 5.69 Å². The van der Waals surface area contributed by atoms with E-state index >= 15 is 0 Å². The number of carbonyl (C=O) groups excluding carboxylic acids is 3. The lowest BCUT2D eigenvalue weighted by Crippen LogP contribution is -2.52. The van der Waals surface area contributed by atoms with E-state index in [1.807, 2.05) is 12.1 Å². The lowest BCUT2D eigenvalue weighted by Gasteiger charge is -2.37. The molecule has 0 spiro atoms. The molecule has 0 aliphatic carbocycles. The van der Waals surface area contributed by atoms with Gasteiger partial charge in [0.1, 0.15) is 6.04 Å². The number of rotatable bonds is 9. The van der Waals surface area contributed by atoms with E-state index in [2.05, 4.69) is 55.5 Å². The maximum atomic E-state index is 13.4. The fourth-order valence-corrected chi connectivity index (χ4v) is 6.05. The van der Waals surface area contributed by atoms with Crippen molar-refractivity contribution in [2.75, 3.05) is 31.2 Å². The summed E-state index contributed by atoms with van der Waals surface area (Å²) in [6, 6.07) is 5.18. The quantitative estimate of drug-likeness (QED) is 0.331. The van der Waals surface area contributed by atoms with Crippen LogP contribution in [0.5, 0.6) is 0 Å². The standard InChI is InChI=1S/C30H47N3O6Si/c1-30(2,3)40(4,5)39-20-22-18-23(9-10-24(22)28(35)31-25-11-12-26(34)32-29(25)36)33-15-13-21(14-16-33)19-38-27-8-6-7-17-37-27/h9-10,18,21,25,27H,6-8,11-17,19-20H2,1-5H3,(H,31,35)(H,32,34,36). The van der Waals surface area contributed by atoms with Gasteiger partial charge in [0.05, 0.1) is 13.2 Å². The first-order valence-electron chi connectivity index (χ1n) is 14.8. The van der Waals surface area contributed by atoms with E-state index in [0.717, 1.165) is 63.2 Å². The van der Waals surface area contributed by atoms with Crippen molar-refractivity contribution in [2.45, 2.75) is 103 Å². The largest absolute Gasteiger partial charge is 0.413 e. The Kier molecular flexibility index (Phi) is 10.1. The Hall–Kier alpha value is -2.27. The molecule has 4 rings (SSSR count). The molecule has 3 saturated heterocycles. The van der Waals surface area contributed by atoms with E-state index < -0.39 is 20.3 Å². The zero-order valence-electron chi connectivity index (χ0n) is 24.8. The Morgan fingerprint density at radius 3 is 2.52 bits per heavy atom. The van der Waals surface area contributed by atoms with Crippen LogP contribution in [0, 0.1) is 5.92 Å². The van der Waals surface area contributed by atoms with Crippen LogP contribution in [-0.2, 0) is 30.1 Å². The van der Waals surface area contributed by atoms with Gasteiger partial charge in [0.2, 0.25) is 11.8 Å². The van der Waals surface area contributed by atoms with Gasteiger partial charge in [-0.1, -0.05) is 20.8 Å². The van der Waals surface area contributed by atoms with Crippen molar-refractivity contribution in [3.05, 3.63) is 29.3 Å². The van der Waals surface area contributed by atoms with Crippen molar-refractivity contribution >= 4 is 31.7 Å². The van der Waals surface area contributed by atoms with Crippen molar-refractivity contribution in [3.63, 3.8) is 0 Å². The number of nitrogens with zero attached hydrogens (tertiary/aromatic N) is 1. The molecule has 9 nitrogen and oxygen atoms in total. The third-order valence-corrected chi connectivity index (χ3v) is 13.4. The minimum atomic E-state index is -2.07. The van der Waals surface area contributed by atoms with Gasteiger partial charge in [-0.2, -0.15) is 0 Å². The SMILES string of the molecule is CC(C)(C)[Si](C)(C)OCc1cc(N2CCC(COC3CCCCO3)CC2)ccc1C(=O)NC1CCC(=O)NC1=O. The van der Waals surface area contributed by atoms with Gasteiger partial charge in [0, 0.05) is 37.4 Å². The summed E-state index contributed by atoms with van der Waals surface area (Å²) in [5.41, 5.74) is 2.39. The second kappa shape index (κ2) is 13.1. The Morgan fingerprint density at radius 2 is 1.88 bits per heavy atom. The molecule has 0 saturated carbocycles. The summed E-state index contributed by atoms with van der Waals surface area (Å²) in [7, 11) is -2.07. The summed E-state index contributed by atoms with van der Waals surface area (Å²) >= 11 is 0. The molecule has 3 aliphatic rings. The Morgan fingerprint density at radius 1 is 1.12 bits per heavy atom. The minimum absolute atomic E-state index is 0.0341. The highest BCUT2D eigenvalue weighted by Gasteiger charge is 2.37. The first kappa shape index (κ1) is 30.7. The summed E-state index contributed by atoms with van der Waals surface area (Å²) in [5.74, 6) is -0.569. The maximum Gasteiger partial charge on any atom is 0.252 e. The molecule has 2 atom stereocenters. The topological polar surface area (TPSA) is 106 Å². The molecular weight excluding hydrogens is 526 g/mol. The number of benzene rings is 1. The zero-order valence-corrected chi connectivity index (χ0v) is 25.8. The molecule has 2 unspecified atom stereocenters. The van der Waals surface area contributed by atoms with Crippen molar-refractivity contribution in [1.29, 1.82) is 0 Å². The predicted octanol–water partition coefficient (Wildman–Crippen LogP) is 4.50. The average molecular weight is 574 g/mol. The first-order valence-corrected chi connectivity index (χ1v) is 17.7. The number of piperidine rings is 2. The molecule has 222 valence electrons. The molecule has 0 bridgehead atoms. The van der Waals surface area contributed by atoms with Gasteiger partial charge in [-0.3, -0.25) is 19.7 Å². The van der Waals surface area contributed by atoms with Gasteiger partial charge < -0.3 is 24.1 Å². The second-order valence-electron chi connectivity index (χ2n) is 12.9. The van der Waals surface area contributed by atoms with Crippen LogP contribution in [0.1, 0.15) is 81.6 Å². The molecule has 0 aromatic heterocycles. The lowest BCUT2D eigenvalue weighted by atomic mass is 9.96. The summed E-state index contributed by atoms with van der Waals surface area (Å²) < 4.78 is 18.3. The van der Waals surface area contributed by atoms with Crippen LogP contribution < -0.4 is 15.5 Å². The molecule has 2 N–H and O–H groups in total. The normalized spacial score (nSPS) is 23.2. The average Bonchev–Trinajstić information content (AvgIpc) is 2.92. The van der Waals surface area contributed by atoms with Gasteiger partial charge >= 0.3 is 0 Å². The highest BCUT2D eigenvalue weighted by Crippen LogP contribution is 2.37. The molecule has 10 heteroatoms. The first-order chi connectivity index (χ1) is 18.9. The zero-order chi connectivity index (χ0) is 28.9. The highest BCUT2D eigenvalue weighted by molar-refractivity contribution is 6.74. The van der Waals surface area contributed by atoms with E-state index in [9.17, 15) is 14.4 Å². The monoisotopic (exact) mass is 573 g/mol. The third-order valence-electron chi connectivity index (χ3n) is 8.91. The van der Waals surface area contributed by atoms with Crippen molar-refractivity contribution < 1.29 is 28.3 Å². The maximum absolute atomic E-state index is 13.4. The molecule has 0 radical (unpaired) electrons. The number of carbonyl (C=O) groups is 3. The molecule has 40 heavy (non-hydrogen) atoms. The van der Waals surface area contributed by atoms with Crippen LogP contribution in [-0.4, -0.2) is 64.7 Å². The fraction of sp³-hybridized carbons (Fsp3) is 0.700. The van der Waals surface area contributed by atoms with Crippen LogP contribution in [0.2, 0.25) is 18.1 Å². The summed E-state index contributed by atoms with van der Waals surface area (Å²) in [4.78, 5) is 39.5. The Labute approximate surface area is 239 Å². The van der Waals surface area contributed by atoms with Crippen LogP contribution >= 0.6 is 0 Å². The van der Waals surface area contributed by atoms with E-state index in [4.69, 9.17) is 13.9 Å². The van der Waals surface area contributed by atoms with E-state index in [-0.39, 0.29) is 29.6 Å². The molecule has 3 heterocycles. The van der Waals surface area contributed by atoms with Gasteiger partial charge in [0.15, 0.2) is 14.6 Å². The molecule has 3 aliphatic heterocycles. The number of amides is 3. The fourth-order valence-electron chi connectivity index (χ4n) is 5.10. The van der Waals surface area contributed by atoms with E-state index in [0.29, 0.717) is 24.5 Å². The highest BCUT2D eigenvalue weighted by atomic mass is 28.4. The lowest BCUT2D eigenvalue weighted by molar-refractivity contribution is -0.169. The number of hydrogen-bond donors (Lipinski definition) is 2. The second-order valence-corrected chi connectivity index (χ2v) is 17.7. The number of ether oxygens (including phenoxy) is 2. The molecule has 1 aromatic carbocycles. The predicted molar refractivity (Wildman–Crippen MR) is 157 cm³/mol. The van der Waals surface area contributed by atoms with E-state index in [1.54, 1.807) is 0 Å².